The highest BCUT2D eigenvalue weighted by Crippen LogP contribution is 2.20. The van der Waals surface area contributed by atoms with Gasteiger partial charge in [0.2, 0.25) is 0 Å². The standard InChI is InChI=1S/C20H28N4O3S.2ClH/c1-15(2)13-24-20(25)17(14-23-10-8-21-9-11-23)12-19(22-24)16-4-6-18(7-5-16)28(3,26)27;;/h4-7,12,15,21H,8-11,13-14H2,1-3H3;2*1H. The van der Waals surface area contributed by atoms with Crippen molar-refractivity contribution in [1.29, 1.82) is 0 Å². The fourth-order valence-corrected chi connectivity index (χ4v) is 3.93. The Morgan fingerprint density at radius 3 is 2.23 bits per heavy atom. The molecule has 0 amide bonds. The van der Waals surface area contributed by atoms with Crippen LogP contribution in [0.2, 0.25) is 0 Å². The fraction of sp³-hybridized carbons (Fsp3) is 0.500. The summed E-state index contributed by atoms with van der Waals surface area (Å²) in [4.78, 5) is 15.5. The smallest absolute Gasteiger partial charge is 0.271 e. The monoisotopic (exact) mass is 476 g/mol. The molecular formula is C20H30Cl2N4O3S. The molecule has 30 heavy (non-hydrogen) atoms. The molecule has 1 saturated heterocycles. The van der Waals surface area contributed by atoms with Crippen molar-refractivity contribution in [1.82, 2.24) is 20.0 Å². The molecular weight excluding hydrogens is 447 g/mol. The number of benzene rings is 1. The van der Waals surface area contributed by atoms with Crippen molar-refractivity contribution in [3.05, 3.63) is 46.2 Å². The normalized spacial score (nSPS) is 14.8. The zero-order chi connectivity index (χ0) is 20.3. The summed E-state index contributed by atoms with van der Waals surface area (Å²) in [6.07, 6.45) is 1.19. The molecule has 1 aromatic heterocycles. The number of nitrogens with one attached hydrogen (secondary N) is 1. The van der Waals surface area contributed by atoms with Crippen molar-refractivity contribution in [2.75, 3.05) is 32.4 Å². The second kappa shape index (κ2) is 11.2. The lowest BCUT2D eigenvalue weighted by Gasteiger charge is -2.27. The summed E-state index contributed by atoms with van der Waals surface area (Å²) in [6.45, 7) is 8.90. The minimum atomic E-state index is -3.25. The van der Waals surface area contributed by atoms with E-state index in [1.807, 2.05) is 6.07 Å². The Labute approximate surface area is 190 Å². The van der Waals surface area contributed by atoms with Crippen molar-refractivity contribution in [3.63, 3.8) is 0 Å². The lowest BCUT2D eigenvalue weighted by Crippen LogP contribution is -2.44. The molecule has 0 unspecified atom stereocenters. The summed E-state index contributed by atoms with van der Waals surface area (Å²) >= 11 is 0. The van der Waals surface area contributed by atoms with Gasteiger partial charge in [-0.15, -0.1) is 24.8 Å². The number of piperazine rings is 1. The minimum absolute atomic E-state index is 0. The van der Waals surface area contributed by atoms with Crippen LogP contribution >= 0.6 is 24.8 Å². The summed E-state index contributed by atoms with van der Waals surface area (Å²) in [5.41, 5.74) is 2.15. The zero-order valence-electron chi connectivity index (χ0n) is 17.5. The maximum Gasteiger partial charge on any atom is 0.271 e. The molecule has 0 atom stereocenters. The number of sulfone groups is 1. The molecule has 168 valence electrons. The van der Waals surface area contributed by atoms with Crippen LogP contribution in [-0.4, -0.2) is 55.5 Å². The van der Waals surface area contributed by atoms with Gasteiger partial charge in [-0.1, -0.05) is 26.0 Å². The number of nitrogens with zero attached hydrogens (tertiary/aromatic N) is 3. The predicted octanol–water partition coefficient (Wildman–Crippen LogP) is 2.22. The Bertz CT molecular complexity index is 986. The van der Waals surface area contributed by atoms with Crippen LogP contribution in [-0.2, 0) is 22.9 Å². The highest BCUT2D eigenvalue weighted by atomic mass is 35.5. The number of rotatable bonds is 6. The third-order valence-corrected chi connectivity index (χ3v) is 5.90. The van der Waals surface area contributed by atoms with Crippen LogP contribution in [0.1, 0.15) is 19.4 Å². The van der Waals surface area contributed by atoms with Gasteiger partial charge in [0.25, 0.3) is 5.56 Å². The van der Waals surface area contributed by atoms with E-state index in [9.17, 15) is 13.2 Å². The van der Waals surface area contributed by atoms with E-state index >= 15 is 0 Å². The highest BCUT2D eigenvalue weighted by molar-refractivity contribution is 7.90. The average molecular weight is 477 g/mol. The van der Waals surface area contributed by atoms with Crippen LogP contribution in [0, 0.1) is 5.92 Å². The first-order chi connectivity index (χ1) is 13.2. The topological polar surface area (TPSA) is 84.3 Å². The molecule has 0 bridgehead atoms. The second-order valence-electron chi connectivity index (χ2n) is 7.76. The van der Waals surface area contributed by atoms with E-state index < -0.39 is 9.84 Å². The summed E-state index contributed by atoms with van der Waals surface area (Å²) in [5, 5.41) is 7.87. The van der Waals surface area contributed by atoms with Gasteiger partial charge in [-0.25, -0.2) is 13.1 Å². The van der Waals surface area contributed by atoms with Crippen molar-refractivity contribution in [2.24, 2.45) is 5.92 Å². The van der Waals surface area contributed by atoms with Crippen LogP contribution in [0.3, 0.4) is 0 Å². The molecule has 7 nitrogen and oxygen atoms in total. The molecule has 1 aliphatic heterocycles. The van der Waals surface area contributed by atoms with Crippen molar-refractivity contribution in [3.8, 4) is 11.3 Å². The first kappa shape index (κ1) is 26.6. The van der Waals surface area contributed by atoms with Crippen molar-refractivity contribution >= 4 is 34.7 Å². The Balaban J connectivity index is 0.00000225. The molecule has 10 heteroatoms. The van der Waals surface area contributed by atoms with Gasteiger partial charge in [-0.05, 0) is 24.1 Å². The zero-order valence-corrected chi connectivity index (χ0v) is 19.9. The third kappa shape index (κ3) is 6.78. The van der Waals surface area contributed by atoms with Gasteiger partial charge in [0.05, 0.1) is 10.6 Å². The highest BCUT2D eigenvalue weighted by Gasteiger charge is 2.16. The van der Waals surface area contributed by atoms with Crippen LogP contribution in [0.15, 0.2) is 40.0 Å². The molecule has 1 fully saturated rings. The molecule has 2 heterocycles. The first-order valence-electron chi connectivity index (χ1n) is 9.58. The summed E-state index contributed by atoms with van der Waals surface area (Å²) < 4.78 is 25.0. The Morgan fingerprint density at radius 2 is 1.70 bits per heavy atom. The number of hydrogen-bond acceptors (Lipinski definition) is 6. The largest absolute Gasteiger partial charge is 0.314 e. The summed E-state index contributed by atoms with van der Waals surface area (Å²) in [7, 11) is -3.25. The van der Waals surface area contributed by atoms with Crippen molar-refractivity contribution < 1.29 is 8.42 Å². The lowest BCUT2D eigenvalue weighted by molar-refractivity contribution is 0.231. The maximum atomic E-state index is 12.9. The molecule has 0 radical (unpaired) electrons. The molecule has 2 aromatic rings. The van der Waals surface area contributed by atoms with Crippen LogP contribution in [0.25, 0.3) is 11.3 Å². The number of hydrogen-bond donors (Lipinski definition) is 1. The predicted molar refractivity (Wildman–Crippen MR) is 125 cm³/mol. The van der Waals surface area contributed by atoms with E-state index in [0.717, 1.165) is 37.3 Å². The fourth-order valence-electron chi connectivity index (χ4n) is 3.30. The van der Waals surface area contributed by atoms with Crippen LogP contribution < -0.4 is 10.9 Å². The molecule has 0 spiro atoms. The lowest BCUT2D eigenvalue weighted by atomic mass is 10.1. The van der Waals surface area contributed by atoms with Gasteiger partial charge >= 0.3 is 0 Å². The van der Waals surface area contributed by atoms with E-state index in [1.165, 1.54) is 6.26 Å². The summed E-state index contributed by atoms with van der Waals surface area (Å²) in [6, 6.07) is 8.51. The van der Waals surface area contributed by atoms with Gasteiger partial charge in [0, 0.05) is 56.7 Å². The van der Waals surface area contributed by atoms with Gasteiger partial charge in [-0.3, -0.25) is 9.69 Å². The van der Waals surface area contributed by atoms with Gasteiger partial charge in [0.15, 0.2) is 9.84 Å². The molecule has 0 aliphatic carbocycles. The Kier molecular flexibility index (Phi) is 9.97. The minimum Gasteiger partial charge on any atom is -0.314 e. The maximum absolute atomic E-state index is 12.9. The van der Waals surface area contributed by atoms with Crippen LogP contribution in [0.4, 0.5) is 0 Å². The van der Waals surface area contributed by atoms with Crippen molar-refractivity contribution in [2.45, 2.75) is 31.8 Å². The third-order valence-electron chi connectivity index (χ3n) is 4.77. The number of aromatic nitrogens is 2. The van der Waals surface area contributed by atoms with E-state index in [4.69, 9.17) is 0 Å². The Hall–Kier alpha value is -1.45. The molecule has 3 rings (SSSR count). The molecule has 0 saturated carbocycles. The molecule has 1 aromatic carbocycles. The van der Waals surface area contributed by atoms with E-state index in [-0.39, 0.29) is 35.3 Å². The molecule has 1 aliphatic rings. The van der Waals surface area contributed by atoms with Gasteiger partial charge in [0.1, 0.15) is 0 Å². The van der Waals surface area contributed by atoms with E-state index in [2.05, 4.69) is 29.2 Å². The average Bonchev–Trinajstić information content (AvgIpc) is 2.65. The summed E-state index contributed by atoms with van der Waals surface area (Å²) in [5.74, 6) is 0.292. The molecule has 1 N–H and O–H groups in total. The van der Waals surface area contributed by atoms with Gasteiger partial charge in [-0.2, -0.15) is 5.10 Å². The quantitative estimate of drug-likeness (QED) is 0.687. The van der Waals surface area contributed by atoms with E-state index in [1.54, 1.807) is 28.9 Å². The number of halogens is 2. The van der Waals surface area contributed by atoms with Crippen LogP contribution in [0.5, 0.6) is 0 Å². The Morgan fingerprint density at radius 1 is 1.10 bits per heavy atom. The van der Waals surface area contributed by atoms with Gasteiger partial charge < -0.3 is 5.32 Å². The van der Waals surface area contributed by atoms with E-state index in [0.29, 0.717) is 24.7 Å². The SMILES string of the molecule is CC(C)Cn1nc(-c2ccc(S(C)(=O)=O)cc2)cc(CN2CCNCC2)c1=O.Cl.Cl. The first-order valence-corrected chi connectivity index (χ1v) is 11.5. The second-order valence-corrected chi connectivity index (χ2v) is 9.77.